The molecule has 3 rings (SSSR count). The normalized spacial score (nSPS) is 19.3. The number of benzene rings is 2. The van der Waals surface area contributed by atoms with E-state index in [-0.39, 0.29) is 29.8 Å². The van der Waals surface area contributed by atoms with Crippen molar-refractivity contribution in [3.63, 3.8) is 0 Å². The van der Waals surface area contributed by atoms with Gasteiger partial charge in [0.2, 0.25) is 5.91 Å². The molecule has 1 saturated heterocycles. The van der Waals surface area contributed by atoms with E-state index < -0.39 is 0 Å². The van der Waals surface area contributed by atoms with Crippen molar-refractivity contribution in [1.29, 1.82) is 0 Å². The Morgan fingerprint density at radius 1 is 1.00 bits per heavy atom. The maximum atomic E-state index is 12.9. The van der Waals surface area contributed by atoms with Crippen LogP contribution in [0.15, 0.2) is 60.7 Å². The third-order valence-corrected chi connectivity index (χ3v) is 5.10. The number of nitrogens with zero attached hydrogens (tertiary/aromatic N) is 1. The first-order valence-corrected chi connectivity index (χ1v) is 9.95. The number of likely N-dealkylation sites (tertiary alicyclic amines) is 1. The molecule has 148 valence electrons. The Labute approximate surface area is 167 Å². The molecule has 0 spiro atoms. The van der Waals surface area contributed by atoms with Gasteiger partial charge in [0.1, 0.15) is 0 Å². The molecule has 5 heteroatoms. The minimum absolute atomic E-state index is 0.00633. The zero-order valence-corrected chi connectivity index (χ0v) is 16.6. The van der Waals surface area contributed by atoms with Gasteiger partial charge in [0.15, 0.2) is 0 Å². The molecule has 3 amide bonds. The van der Waals surface area contributed by atoms with Crippen LogP contribution in [-0.2, 0) is 11.3 Å². The van der Waals surface area contributed by atoms with Crippen molar-refractivity contribution in [3.05, 3.63) is 71.8 Å². The van der Waals surface area contributed by atoms with E-state index in [2.05, 4.69) is 22.8 Å². The molecule has 1 fully saturated rings. The molecule has 0 aromatic heterocycles. The van der Waals surface area contributed by atoms with Gasteiger partial charge in [0.25, 0.3) is 0 Å². The number of piperidine rings is 1. The smallest absolute Gasteiger partial charge is 0.317 e. The third-order valence-electron chi connectivity index (χ3n) is 5.10. The highest BCUT2D eigenvalue weighted by Crippen LogP contribution is 2.30. The lowest BCUT2D eigenvalue weighted by Gasteiger charge is -2.37. The first-order chi connectivity index (χ1) is 13.5. The maximum Gasteiger partial charge on any atom is 0.317 e. The summed E-state index contributed by atoms with van der Waals surface area (Å²) in [5.74, 6) is -0.0623. The Bertz CT molecular complexity index is 777. The lowest BCUT2D eigenvalue weighted by molar-refractivity contribution is -0.126. The fourth-order valence-electron chi connectivity index (χ4n) is 3.69. The minimum atomic E-state index is -0.222. The average molecular weight is 380 g/mol. The Morgan fingerprint density at radius 3 is 2.29 bits per heavy atom. The number of carbonyl (C=O) groups is 2. The van der Waals surface area contributed by atoms with Crippen molar-refractivity contribution < 1.29 is 9.59 Å². The third kappa shape index (κ3) is 5.35. The molecule has 0 radical (unpaired) electrons. The highest BCUT2D eigenvalue weighted by Gasteiger charge is 2.34. The zero-order valence-electron chi connectivity index (χ0n) is 16.6. The van der Waals surface area contributed by atoms with Gasteiger partial charge >= 0.3 is 6.03 Å². The Morgan fingerprint density at radius 2 is 1.64 bits per heavy atom. The number of hydrogen-bond acceptors (Lipinski definition) is 2. The van der Waals surface area contributed by atoms with Gasteiger partial charge in [0.05, 0.1) is 5.92 Å². The average Bonchev–Trinajstić information content (AvgIpc) is 2.72. The molecule has 1 aliphatic heterocycles. The largest absolute Gasteiger partial charge is 0.352 e. The summed E-state index contributed by atoms with van der Waals surface area (Å²) in [7, 11) is 0. The number of carbonyl (C=O) groups excluding carboxylic acids is 2. The van der Waals surface area contributed by atoms with E-state index in [9.17, 15) is 9.59 Å². The summed E-state index contributed by atoms with van der Waals surface area (Å²) in [4.78, 5) is 27.3. The molecule has 2 aromatic rings. The van der Waals surface area contributed by atoms with Crippen LogP contribution in [0.5, 0.6) is 0 Å². The summed E-state index contributed by atoms with van der Waals surface area (Å²) in [6.45, 7) is 5.47. The fraction of sp³-hybridized carbons (Fsp3) is 0.391. The predicted molar refractivity (Wildman–Crippen MR) is 111 cm³/mol. The van der Waals surface area contributed by atoms with Gasteiger partial charge in [-0.2, -0.15) is 0 Å². The van der Waals surface area contributed by atoms with Crippen LogP contribution in [0.3, 0.4) is 0 Å². The van der Waals surface area contributed by atoms with Crippen LogP contribution in [0, 0.1) is 5.92 Å². The summed E-state index contributed by atoms with van der Waals surface area (Å²) in [5.41, 5.74) is 2.24. The summed E-state index contributed by atoms with van der Waals surface area (Å²) in [6.07, 6.45) is 0.746. The molecular weight excluding hydrogens is 350 g/mol. The Kier molecular flexibility index (Phi) is 6.69. The van der Waals surface area contributed by atoms with Crippen LogP contribution >= 0.6 is 0 Å². The van der Waals surface area contributed by atoms with E-state index in [0.29, 0.717) is 19.6 Å². The molecule has 0 saturated carbocycles. The van der Waals surface area contributed by atoms with Crippen molar-refractivity contribution in [3.8, 4) is 0 Å². The van der Waals surface area contributed by atoms with Gasteiger partial charge in [-0.3, -0.25) is 4.79 Å². The van der Waals surface area contributed by atoms with Crippen molar-refractivity contribution in [1.82, 2.24) is 15.5 Å². The van der Waals surface area contributed by atoms with Crippen molar-refractivity contribution in [2.45, 2.75) is 38.8 Å². The van der Waals surface area contributed by atoms with Gasteiger partial charge in [-0.25, -0.2) is 4.79 Å². The Hall–Kier alpha value is -2.82. The molecule has 28 heavy (non-hydrogen) atoms. The molecule has 2 atom stereocenters. The van der Waals surface area contributed by atoms with Crippen LogP contribution in [0.25, 0.3) is 0 Å². The predicted octanol–water partition coefficient (Wildman–Crippen LogP) is 3.53. The van der Waals surface area contributed by atoms with Crippen molar-refractivity contribution in [2.75, 3.05) is 13.1 Å². The topological polar surface area (TPSA) is 61.4 Å². The van der Waals surface area contributed by atoms with Crippen LogP contribution in [0.1, 0.15) is 37.3 Å². The van der Waals surface area contributed by atoms with Gasteiger partial charge in [-0.1, -0.05) is 60.7 Å². The van der Waals surface area contributed by atoms with Crippen LogP contribution in [-0.4, -0.2) is 36.0 Å². The molecular formula is C23H29N3O2. The van der Waals surface area contributed by atoms with Crippen molar-refractivity contribution in [2.24, 2.45) is 5.92 Å². The second-order valence-corrected chi connectivity index (χ2v) is 7.75. The van der Waals surface area contributed by atoms with Gasteiger partial charge < -0.3 is 15.5 Å². The quantitative estimate of drug-likeness (QED) is 0.835. The molecule has 0 unspecified atom stereocenters. The Balaban J connectivity index is 1.71. The summed E-state index contributed by atoms with van der Waals surface area (Å²) < 4.78 is 0. The van der Waals surface area contributed by atoms with E-state index in [1.807, 2.05) is 62.4 Å². The standard InChI is InChI=1S/C23H29N3O2/c1-17(2)25-23(28)26-15-20(19-11-7-4-8-12-19)13-21(16-26)22(27)24-14-18-9-5-3-6-10-18/h3-12,17,20-21H,13-16H2,1-2H3,(H,24,27)(H,25,28)/t20-,21+/m1/s1. The molecule has 5 nitrogen and oxygen atoms in total. The minimum Gasteiger partial charge on any atom is -0.352 e. The summed E-state index contributed by atoms with van der Waals surface area (Å²) in [5, 5.41) is 6.00. The number of rotatable bonds is 5. The van der Waals surface area contributed by atoms with Gasteiger partial charge in [-0.05, 0) is 31.4 Å². The molecule has 0 aliphatic carbocycles. The van der Waals surface area contributed by atoms with E-state index >= 15 is 0 Å². The fourth-order valence-corrected chi connectivity index (χ4v) is 3.69. The van der Waals surface area contributed by atoms with E-state index in [1.54, 1.807) is 4.90 Å². The van der Waals surface area contributed by atoms with E-state index in [4.69, 9.17) is 0 Å². The van der Waals surface area contributed by atoms with E-state index in [0.717, 1.165) is 12.0 Å². The zero-order chi connectivity index (χ0) is 19.9. The molecule has 1 aliphatic rings. The number of hydrogen-bond donors (Lipinski definition) is 2. The molecule has 2 aromatic carbocycles. The molecule has 2 N–H and O–H groups in total. The first kappa shape index (κ1) is 19.9. The van der Waals surface area contributed by atoms with E-state index in [1.165, 1.54) is 5.56 Å². The van der Waals surface area contributed by atoms with Crippen LogP contribution in [0.4, 0.5) is 4.79 Å². The van der Waals surface area contributed by atoms with Gasteiger partial charge in [0, 0.05) is 31.6 Å². The lowest BCUT2D eigenvalue weighted by atomic mass is 9.84. The first-order valence-electron chi connectivity index (χ1n) is 9.95. The van der Waals surface area contributed by atoms with Crippen molar-refractivity contribution >= 4 is 11.9 Å². The lowest BCUT2D eigenvalue weighted by Crippen LogP contribution is -2.52. The SMILES string of the molecule is CC(C)NC(=O)N1C[C@@H](C(=O)NCc2ccccc2)C[C@@H](c2ccccc2)C1. The second-order valence-electron chi connectivity index (χ2n) is 7.75. The number of nitrogens with one attached hydrogen (secondary N) is 2. The highest BCUT2D eigenvalue weighted by atomic mass is 16.2. The maximum absolute atomic E-state index is 12.9. The van der Waals surface area contributed by atoms with Crippen LogP contribution in [0.2, 0.25) is 0 Å². The van der Waals surface area contributed by atoms with Crippen LogP contribution < -0.4 is 10.6 Å². The molecule has 1 heterocycles. The monoisotopic (exact) mass is 379 g/mol. The summed E-state index contributed by atoms with van der Waals surface area (Å²) >= 11 is 0. The second kappa shape index (κ2) is 9.40. The number of urea groups is 1. The highest BCUT2D eigenvalue weighted by molar-refractivity contribution is 5.81. The molecule has 0 bridgehead atoms. The van der Waals surface area contributed by atoms with Gasteiger partial charge in [-0.15, -0.1) is 0 Å². The number of amides is 3. The summed E-state index contributed by atoms with van der Waals surface area (Å²) in [6, 6.07) is 20.0.